The number of nitrogens with zero attached hydrogens (tertiary/aromatic N) is 1. The van der Waals surface area contributed by atoms with Crippen LogP contribution in [0.1, 0.15) is 27.6 Å². The van der Waals surface area contributed by atoms with Crippen LogP contribution >= 0.6 is 0 Å². The van der Waals surface area contributed by atoms with Gasteiger partial charge in [0.2, 0.25) is 0 Å². The van der Waals surface area contributed by atoms with Gasteiger partial charge in [-0.3, -0.25) is 5.32 Å². The molecule has 8 heteroatoms. The highest BCUT2D eigenvalue weighted by molar-refractivity contribution is 5.99. The number of hydrogen-bond acceptors (Lipinski definition) is 5. The summed E-state index contributed by atoms with van der Waals surface area (Å²) in [5, 5.41) is 13.8. The standard InChI is InChI=1S/C16H15N3O5/c1-2-24-15(22)10-3-6-12(7-4-10)18-16(23)19-13-8-5-11(9-17-13)14(20)21/h3-9H,2H2,1H3,(H,20,21)(H2,17,18,19,23). The van der Waals surface area contributed by atoms with Crippen molar-refractivity contribution in [3.05, 3.63) is 53.7 Å². The highest BCUT2D eigenvalue weighted by Crippen LogP contribution is 2.12. The first-order chi connectivity index (χ1) is 11.5. The minimum Gasteiger partial charge on any atom is -0.478 e. The van der Waals surface area contributed by atoms with Crippen molar-refractivity contribution in [3.8, 4) is 0 Å². The van der Waals surface area contributed by atoms with Gasteiger partial charge in [-0.05, 0) is 43.3 Å². The SMILES string of the molecule is CCOC(=O)c1ccc(NC(=O)Nc2ccc(C(=O)O)cn2)cc1. The number of carboxylic acid groups (broad SMARTS) is 1. The van der Waals surface area contributed by atoms with Gasteiger partial charge in [0, 0.05) is 11.9 Å². The molecular formula is C16H15N3O5. The van der Waals surface area contributed by atoms with Crippen molar-refractivity contribution in [3.63, 3.8) is 0 Å². The van der Waals surface area contributed by atoms with Crippen LogP contribution in [0.5, 0.6) is 0 Å². The molecule has 0 aliphatic heterocycles. The fraction of sp³-hybridized carbons (Fsp3) is 0.125. The number of rotatable bonds is 5. The fourth-order valence-corrected chi connectivity index (χ4v) is 1.78. The molecule has 8 nitrogen and oxygen atoms in total. The molecule has 2 amide bonds. The number of aromatic nitrogens is 1. The zero-order chi connectivity index (χ0) is 17.5. The minimum atomic E-state index is -1.10. The summed E-state index contributed by atoms with van der Waals surface area (Å²) in [5.74, 6) is -1.32. The fourth-order valence-electron chi connectivity index (χ4n) is 1.78. The average Bonchev–Trinajstić information content (AvgIpc) is 2.56. The second kappa shape index (κ2) is 7.73. The smallest absolute Gasteiger partial charge is 0.338 e. The van der Waals surface area contributed by atoms with Gasteiger partial charge in [0.1, 0.15) is 5.82 Å². The summed E-state index contributed by atoms with van der Waals surface area (Å²) in [7, 11) is 0. The number of carbonyl (C=O) groups is 3. The molecule has 1 aromatic heterocycles. The van der Waals surface area contributed by atoms with Crippen molar-refractivity contribution in [2.45, 2.75) is 6.92 Å². The van der Waals surface area contributed by atoms with Crippen LogP contribution in [-0.4, -0.2) is 34.7 Å². The Bertz CT molecular complexity index is 741. The molecule has 1 heterocycles. The Hall–Kier alpha value is -3.42. The van der Waals surface area contributed by atoms with Gasteiger partial charge in [-0.1, -0.05) is 0 Å². The normalized spacial score (nSPS) is 9.88. The first kappa shape index (κ1) is 16.9. The largest absolute Gasteiger partial charge is 0.478 e. The lowest BCUT2D eigenvalue weighted by Crippen LogP contribution is -2.20. The molecule has 0 aliphatic rings. The maximum atomic E-state index is 11.9. The predicted octanol–water partition coefficient (Wildman–Crippen LogP) is 2.60. The highest BCUT2D eigenvalue weighted by Gasteiger charge is 2.08. The van der Waals surface area contributed by atoms with Gasteiger partial charge in [0.05, 0.1) is 17.7 Å². The zero-order valence-corrected chi connectivity index (χ0v) is 12.8. The number of ether oxygens (including phenoxy) is 1. The third-order valence-corrected chi connectivity index (χ3v) is 2.91. The van der Waals surface area contributed by atoms with Gasteiger partial charge in [-0.2, -0.15) is 0 Å². The van der Waals surface area contributed by atoms with Crippen molar-refractivity contribution in [1.82, 2.24) is 4.98 Å². The van der Waals surface area contributed by atoms with E-state index in [2.05, 4.69) is 15.6 Å². The van der Waals surface area contributed by atoms with Crippen LogP contribution in [0, 0.1) is 0 Å². The average molecular weight is 329 g/mol. The van der Waals surface area contributed by atoms with Gasteiger partial charge in [0.15, 0.2) is 0 Å². The molecule has 0 unspecified atom stereocenters. The molecular weight excluding hydrogens is 314 g/mol. The van der Waals surface area contributed by atoms with Crippen molar-refractivity contribution in [2.24, 2.45) is 0 Å². The molecule has 0 spiro atoms. The Morgan fingerprint density at radius 3 is 2.25 bits per heavy atom. The quantitative estimate of drug-likeness (QED) is 0.726. The number of benzene rings is 1. The third kappa shape index (κ3) is 4.54. The monoisotopic (exact) mass is 329 g/mol. The van der Waals surface area contributed by atoms with E-state index in [-0.39, 0.29) is 18.0 Å². The van der Waals surface area contributed by atoms with E-state index in [1.165, 1.54) is 24.3 Å². The van der Waals surface area contributed by atoms with Crippen LogP contribution in [0.25, 0.3) is 0 Å². The molecule has 0 radical (unpaired) electrons. The number of hydrogen-bond donors (Lipinski definition) is 3. The van der Waals surface area contributed by atoms with E-state index in [0.717, 1.165) is 6.20 Å². The number of aromatic carboxylic acids is 1. The van der Waals surface area contributed by atoms with Crippen molar-refractivity contribution < 1.29 is 24.2 Å². The second-order valence-electron chi connectivity index (χ2n) is 4.61. The lowest BCUT2D eigenvalue weighted by molar-refractivity contribution is 0.0526. The molecule has 3 N–H and O–H groups in total. The zero-order valence-electron chi connectivity index (χ0n) is 12.8. The van der Waals surface area contributed by atoms with E-state index in [4.69, 9.17) is 9.84 Å². The molecule has 0 fully saturated rings. The van der Waals surface area contributed by atoms with Gasteiger partial charge in [-0.25, -0.2) is 19.4 Å². The number of carbonyl (C=O) groups excluding carboxylic acids is 2. The molecule has 0 bridgehead atoms. The molecule has 0 saturated heterocycles. The Morgan fingerprint density at radius 1 is 1.04 bits per heavy atom. The molecule has 2 aromatic rings. The summed E-state index contributed by atoms with van der Waals surface area (Å²) in [6, 6.07) is 8.36. The van der Waals surface area contributed by atoms with Crippen molar-refractivity contribution in [2.75, 3.05) is 17.2 Å². The molecule has 0 atom stereocenters. The summed E-state index contributed by atoms with van der Waals surface area (Å²) in [5.41, 5.74) is 0.881. The Labute approximate surface area is 137 Å². The van der Waals surface area contributed by atoms with Gasteiger partial charge in [-0.15, -0.1) is 0 Å². The topological polar surface area (TPSA) is 118 Å². The first-order valence-electron chi connectivity index (χ1n) is 7.04. The van der Waals surface area contributed by atoms with Gasteiger partial charge < -0.3 is 15.2 Å². The highest BCUT2D eigenvalue weighted by atomic mass is 16.5. The van der Waals surface area contributed by atoms with Crippen LogP contribution < -0.4 is 10.6 Å². The van der Waals surface area contributed by atoms with E-state index >= 15 is 0 Å². The number of anilines is 2. The minimum absolute atomic E-state index is 0.0236. The van der Waals surface area contributed by atoms with Crippen LogP contribution in [0.2, 0.25) is 0 Å². The number of esters is 1. The number of nitrogens with one attached hydrogen (secondary N) is 2. The lowest BCUT2D eigenvalue weighted by atomic mass is 10.2. The maximum absolute atomic E-state index is 11.9. The van der Waals surface area contributed by atoms with E-state index in [1.54, 1.807) is 19.1 Å². The van der Waals surface area contributed by atoms with Gasteiger partial charge in [0.25, 0.3) is 0 Å². The summed E-state index contributed by atoms with van der Waals surface area (Å²) >= 11 is 0. The molecule has 124 valence electrons. The van der Waals surface area contributed by atoms with Crippen LogP contribution in [0.15, 0.2) is 42.6 Å². The summed E-state index contributed by atoms with van der Waals surface area (Å²) in [6.45, 7) is 2.00. The summed E-state index contributed by atoms with van der Waals surface area (Å²) in [6.07, 6.45) is 1.14. The van der Waals surface area contributed by atoms with E-state index in [1.807, 2.05) is 0 Å². The molecule has 2 rings (SSSR count). The maximum Gasteiger partial charge on any atom is 0.338 e. The van der Waals surface area contributed by atoms with Gasteiger partial charge >= 0.3 is 18.0 Å². The van der Waals surface area contributed by atoms with E-state index < -0.39 is 18.0 Å². The third-order valence-electron chi connectivity index (χ3n) is 2.91. The first-order valence-corrected chi connectivity index (χ1v) is 7.04. The molecule has 0 aliphatic carbocycles. The molecule has 24 heavy (non-hydrogen) atoms. The predicted molar refractivity (Wildman–Crippen MR) is 86.2 cm³/mol. The Morgan fingerprint density at radius 2 is 1.71 bits per heavy atom. The molecule has 1 aromatic carbocycles. The number of pyridine rings is 1. The lowest BCUT2D eigenvalue weighted by Gasteiger charge is -2.08. The van der Waals surface area contributed by atoms with E-state index in [9.17, 15) is 14.4 Å². The van der Waals surface area contributed by atoms with Crippen molar-refractivity contribution >= 4 is 29.5 Å². The molecule has 0 saturated carbocycles. The van der Waals surface area contributed by atoms with Crippen LogP contribution in [-0.2, 0) is 4.74 Å². The summed E-state index contributed by atoms with van der Waals surface area (Å²) in [4.78, 5) is 37.9. The number of amides is 2. The Kier molecular flexibility index (Phi) is 5.45. The van der Waals surface area contributed by atoms with Crippen LogP contribution in [0.4, 0.5) is 16.3 Å². The number of carboxylic acids is 1. The Balaban J connectivity index is 1.94. The van der Waals surface area contributed by atoms with Crippen molar-refractivity contribution in [1.29, 1.82) is 0 Å². The summed E-state index contributed by atoms with van der Waals surface area (Å²) < 4.78 is 4.87. The number of urea groups is 1. The van der Waals surface area contributed by atoms with E-state index in [0.29, 0.717) is 11.3 Å². The second-order valence-corrected chi connectivity index (χ2v) is 4.61. The van der Waals surface area contributed by atoms with Crippen LogP contribution in [0.3, 0.4) is 0 Å².